The molecule has 0 bridgehead atoms. The summed E-state index contributed by atoms with van der Waals surface area (Å²) in [4.78, 5) is 26.3. The molecule has 136 valence electrons. The van der Waals surface area contributed by atoms with Crippen molar-refractivity contribution in [3.05, 3.63) is 54.6 Å². The van der Waals surface area contributed by atoms with Gasteiger partial charge >= 0.3 is 0 Å². The predicted octanol–water partition coefficient (Wildman–Crippen LogP) is 2.88. The van der Waals surface area contributed by atoms with Crippen LogP contribution in [0.15, 0.2) is 54.6 Å². The minimum atomic E-state index is -0.319. The number of nitrogens with one attached hydrogen (secondary N) is 1. The number of piperidine rings is 1. The van der Waals surface area contributed by atoms with Gasteiger partial charge in [-0.2, -0.15) is 0 Å². The molecule has 1 fully saturated rings. The van der Waals surface area contributed by atoms with Crippen LogP contribution in [0.25, 0.3) is 11.1 Å². The van der Waals surface area contributed by atoms with E-state index in [0.29, 0.717) is 6.54 Å². The first-order valence-corrected chi connectivity index (χ1v) is 9.05. The lowest BCUT2D eigenvalue weighted by Gasteiger charge is -2.34. The Morgan fingerprint density at radius 3 is 2.54 bits per heavy atom. The van der Waals surface area contributed by atoms with Gasteiger partial charge in [-0.25, -0.2) is 0 Å². The minimum absolute atomic E-state index is 0.0708. The van der Waals surface area contributed by atoms with Crippen molar-refractivity contribution in [3.63, 3.8) is 0 Å². The van der Waals surface area contributed by atoms with E-state index in [2.05, 4.69) is 5.32 Å². The molecule has 26 heavy (non-hydrogen) atoms. The normalized spacial score (nSPS) is 18.9. The quantitative estimate of drug-likeness (QED) is 0.870. The summed E-state index contributed by atoms with van der Waals surface area (Å²) in [5.74, 6) is -0.522. The highest BCUT2D eigenvalue weighted by Crippen LogP contribution is 2.28. The van der Waals surface area contributed by atoms with Crippen LogP contribution in [0.2, 0.25) is 0 Å². The number of para-hydroxylation sites is 1. The molecule has 2 amide bonds. The number of nitrogens with two attached hydrogens (primary N) is 1. The number of rotatable bonds is 5. The van der Waals surface area contributed by atoms with Crippen LogP contribution in [0.1, 0.15) is 19.8 Å². The summed E-state index contributed by atoms with van der Waals surface area (Å²) in [6, 6.07) is 17.4. The standard InChI is InChI=1S/C21H25N3O2/c1-15(24-13-7-10-17(14-24)20(22)25)21(26)23-19-12-6-5-11-18(19)16-8-3-2-4-9-16/h2-6,8-9,11-12,15,17H,7,10,13-14H2,1H3,(H2,22,25)(H,23,26)/t15-,17+/m1/s1. The van der Waals surface area contributed by atoms with Crippen molar-refractivity contribution >= 4 is 17.5 Å². The van der Waals surface area contributed by atoms with E-state index in [1.165, 1.54) is 0 Å². The highest BCUT2D eigenvalue weighted by Gasteiger charge is 2.30. The lowest BCUT2D eigenvalue weighted by atomic mass is 9.96. The molecule has 2 atom stereocenters. The second-order valence-corrected chi connectivity index (χ2v) is 6.81. The molecule has 0 unspecified atom stereocenters. The zero-order valence-electron chi connectivity index (χ0n) is 15.0. The zero-order valence-corrected chi connectivity index (χ0v) is 15.0. The summed E-state index contributed by atoms with van der Waals surface area (Å²) in [6.07, 6.45) is 1.68. The largest absolute Gasteiger partial charge is 0.369 e. The van der Waals surface area contributed by atoms with Gasteiger partial charge in [0.25, 0.3) is 0 Å². The third-order valence-electron chi connectivity index (χ3n) is 5.05. The van der Waals surface area contributed by atoms with Gasteiger partial charge in [0.05, 0.1) is 12.0 Å². The van der Waals surface area contributed by atoms with E-state index in [4.69, 9.17) is 5.73 Å². The third kappa shape index (κ3) is 4.11. The summed E-state index contributed by atoms with van der Waals surface area (Å²) in [5, 5.41) is 3.05. The predicted molar refractivity (Wildman–Crippen MR) is 103 cm³/mol. The Balaban J connectivity index is 1.73. The number of nitrogens with zero attached hydrogens (tertiary/aromatic N) is 1. The number of carbonyl (C=O) groups excluding carboxylic acids is 2. The minimum Gasteiger partial charge on any atom is -0.369 e. The topological polar surface area (TPSA) is 75.4 Å². The van der Waals surface area contributed by atoms with Crippen molar-refractivity contribution in [2.45, 2.75) is 25.8 Å². The van der Waals surface area contributed by atoms with Crippen molar-refractivity contribution in [2.24, 2.45) is 11.7 Å². The second kappa shape index (κ2) is 8.15. The van der Waals surface area contributed by atoms with Crippen LogP contribution in [-0.4, -0.2) is 35.8 Å². The lowest BCUT2D eigenvalue weighted by Crippen LogP contribution is -2.49. The molecule has 1 saturated heterocycles. The average molecular weight is 351 g/mol. The summed E-state index contributed by atoms with van der Waals surface area (Å²) < 4.78 is 0. The molecule has 5 nitrogen and oxygen atoms in total. The molecule has 2 aromatic carbocycles. The van der Waals surface area contributed by atoms with Crippen LogP contribution < -0.4 is 11.1 Å². The molecule has 3 rings (SSSR count). The average Bonchev–Trinajstić information content (AvgIpc) is 2.68. The van der Waals surface area contributed by atoms with E-state index in [-0.39, 0.29) is 23.8 Å². The van der Waals surface area contributed by atoms with E-state index in [1.807, 2.05) is 66.4 Å². The van der Waals surface area contributed by atoms with Gasteiger partial charge in [-0.1, -0.05) is 48.5 Å². The van der Waals surface area contributed by atoms with Crippen molar-refractivity contribution < 1.29 is 9.59 Å². The van der Waals surface area contributed by atoms with E-state index < -0.39 is 0 Å². The molecule has 0 radical (unpaired) electrons. The number of anilines is 1. The number of primary amides is 1. The second-order valence-electron chi connectivity index (χ2n) is 6.81. The molecular weight excluding hydrogens is 326 g/mol. The Labute approximate surface area is 154 Å². The maximum Gasteiger partial charge on any atom is 0.241 e. The highest BCUT2D eigenvalue weighted by molar-refractivity contribution is 5.98. The number of hydrogen-bond donors (Lipinski definition) is 2. The Hall–Kier alpha value is -2.66. The van der Waals surface area contributed by atoms with Crippen LogP contribution in [0, 0.1) is 5.92 Å². The van der Waals surface area contributed by atoms with Crippen LogP contribution in [0.3, 0.4) is 0 Å². The van der Waals surface area contributed by atoms with Gasteiger partial charge in [-0.15, -0.1) is 0 Å². The fourth-order valence-electron chi connectivity index (χ4n) is 3.45. The van der Waals surface area contributed by atoms with Crippen molar-refractivity contribution in [1.82, 2.24) is 4.90 Å². The molecule has 0 aromatic heterocycles. The molecule has 0 aliphatic carbocycles. The van der Waals surface area contributed by atoms with Gasteiger partial charge in [-0.05, 0) is 37.9 Å². The van der Waals surface area contributed by atoms with Crippen molar-refractivity contribution in [2.75, 3.05) is 18.4 Å². The van der Waals surface area contributed by atoms with Crippen LogP contribution in [0.5, 0.6) is 0 Å². The number of likely N-dealkylation sites (tertiary alicyclic amines) is 1. The number of benzene rings is 2. The number of amides is 2. The van der Waals surface area contributed by atoms with Gasteiger partial charge in [0, 0.05) is 17.8 Å². The van der Waals surface area contributed by atoms with E-state index in [1.54, 1.807) is 0 Å². The molecular formula is C21H25N3O2. The van der Waals surface area contributed by atoms with E-state index in [9.17, 15) is 9.59 Å². The maximum atomic E-state index is 12.8. The van der Waals surface area contributed by atoms with Gasteiger partial charge in [-0.3, -0.25) is 14.5 Å². The smallest absolute Gasteiger partial charge is 0.241 e. The molecule has 1 heterocycles. The Kier molecular flexibility index (Phi) is 5.68. The number of carbonyl (C=O) groups is 2. The molecule has 0 saturated carbocycles. The summed E-state index contributed by atoms with van der Waals surface area (Å²) >= 11 is 0. The molecule has 2 aromatic rings. The van der Waals surface area contributed by atoms with Crippen LogP contribution in [0.4, 0.5) is 5.69 Å². The Morgan fingerprint density at radius 1 is 1.12 bits per heavy atom. The maximum absolute atomic E-state index is 12.8. The third-order valence-corrected chi connectivity index (χ3v) is 5.05. The summed E-state index contributed by atoms with van der Waals surface area (Å²) in [6.45, 7) is 3.23. The Bertz CT molecular complexity index is 776. The molecule has 0 spiro atoms. The van der Waals surface area contributed by atoms with Gasteiger partial charge in [0.2, 0.25) is 11.8 Å². The van der Waals surface area contributed by atoms with Crippen molar-refractivity contribution in [1.29, 1.82) is 0 Å². The highest BCUT2D eigenvalue weighted by atomic mass is 16.2. The fourth-order valence-corrected chi connectivity index (χ4v) is 3.45. The van der Waals surface area contributed by atoms with E-state index in [0.717, 1.165) is 36.2 Å². The fraction of sp³-hybridized carbons (Fsp3) is 0.333. The molecule has 1 aliphatic heterocycles. The first kappa shape index (κ1) is 18.1. The van der Waals surface area contributed by atoms with E-state index >= 15 is 0 Å². The summed E-state index contributed by atoms with van der Waals surface area (Å²) in [5.41, 5.74) is 8.28. The van der Waals surface area contributed by atoms with Gasteiger partial charge < -0.3 is 11.1 Å². The lowest BCUT2D eigenvalue weighted by molar-refractivity contribution is -0.127. The Morgan fingerprint density at radius 2 is 1.81 bits per heavy atom. The SMILES string of the molecule is C[C@H](C(=O)Nc1ccccc1-c1ccccc1)N1CCC[C@H](C(N)=O)C1. The van der Waals surface area contributed by atoms with Crippen molar-refractivity contribution in [3.8, 4) is 11.1 Å². The first-order valence-electron chi connectivity index (χ1n) is 9.05. The monoisotopic (exact) mass is 351 g/mol. The van der Waals surface area contributed by atoms with Crippen LogP contribution in [-0.2, 0) is 9.59 Å². The molecule has 5 heteroatoms. The molecule has 3 N–H and O–H groups in total. The zero-order chi connectivity index (χ0) is 18.5. The molecule has 1 aliphatic rings. The van der Waals surface area contributed by atoms with Gasteiger partial charge in [0.15, 0.2) is 0 Å². The summed E-state index contributed by atoms with van der Waals surface area (Å²) in [7, 11) is 0. The first-order chi connectivity index (χ1) is 12.6. The number of hydrogen-bond acceptors (Lipinski definition) is 3. The van der Waals surface area contributed by atoms with Crippen LogP contribution >= 0.6 is 0 Å². The van der Waals surface area contributed by atoms with Gasteiger partial charge in [0.1, 0.15) is 0 Å².